The molecule has 0 saturated carbocycles. The van der Waals surface area contributed by atoms with Gasteiger partial charge in [0.05, 0.1) is 18.9 Å². The number of ether oxygens (including phenoxy) is 3. The van der Waals surface area contributed by atoms with Gasteiger partial charge in [-0.1, -0.05) is 15.9 Å². The average Bonchev–Trinajstić information content (AvgIpc) is 2.79. The van der Waals surface area contributed by atoms with Crippen LogP contribution in [0.25, 0.3) is 0 Å². The summed E-state index contributed by atoms with van der Waals surface area (Å²) in [7, 11) is 1.57. The third-order valence-corrected chi connectivity index (χ3v) is 4.53. The van der Waals surface area contributed by atoms with Gasteiger partial charge in [0, 0.05) is 4.47 Å². The van der Waals surface area contributed by atoms with Gasteiger partial charge in [0.2, 0.25) is 0 Å². The standard InChI is InChI=1S/C23H19BrN2O5/c1-29-19-10-12-20(13-11-19)30-15-22(27)26-25-14-16-2-8-21(9-3-16)31-23(28)17-4-6-18(24)7-5-17/h2-14H,15H2,1H3,(H,26,27)/b25-14+. The lowest BCUT2D eigenvalue weighted by Gasteiger charge is -2.06. The lowest BCUT2D eigenvalue weighted by Crippen LogP contribution is -2.24. The zero-order valence-electron chi connectivity index (χ0n) is 16.6. The molecule has 1 amide bonds. The van der Waals surface area contributed by atoms with E-state index in [9.17, 15) is 9.59 Å². The fourth-order valence-corrected chi connectivity index (χ4v) is 2.67. The molecule has 0 aromatic heterocycles. The molecule has 31 heavy (non-hydrogen) atoms. The summed E-state index contributed by atoms with van der Waals surface area (Å²) in [6, 6.07) is 20.5. The predicted octanol–water partition coefficient (Wildman–Crippen LogP) is 4.21. The summed E-state index contributed by atoms with van der Waals surface area (Å²) in [5, 5.41) is 3.89. The second kappa shape index (κ2) is 10.9. The SMILES string of the molecule is COc1ccc(OCC(=O)N/N=C/c2ccc(OC(=O)c3ccc(Br)cc3)cc2)cc1. The summed E-state index contributed by atoms with van der Waals surface area (Å²) in [4.78, 5) is 23.9. The maximum Gasteiger partial charge on any atom is 0.343 e. The van der Waals surface area contributed by atoms with Crippen molar-refractivity contribution in [1.82, 2.24) is 5.43 Å². The summed E-state index contributed by atoms with van der Waals surface area (Å²) in [6.45, 7) is -0.172. The molecule has 3 rings (SSSR count). The van der Waals surface area contributed by atoms with Gasteiger partial charge in [-0.2, -0.15) is 5.10 Å². The zero-order chi connectivity index (χ0) is 22.1. The number of halogens is 1. The third-order valence-electron chi connectivity index (χ3n) is 4.00. The molecule has 7 nitrogen and oxygen atoms in total. The van der Waals surface area contributed by atoms with Crippen molar-refractivity contribution >= 4 is 34.0 Å². The third kappa shape index (κ3) is 6.97. The molecule has 0 heterocycles. The molecule has 0 bridgehead atoms. The number of hydrogen-bond donors (Lipinski definition) is 1. The van der Waals surface area contributed by atoms with Crippen LogP contribution in [0.15, 0.2) is 82.4 Å². The van der Waals surface area contributed by atoms with Gasteiger partial charge in [0.1, 0.15) is 17.2 Å². The average molecular weight is 483 g/mol. The number of methoxy groups -OCH3 is 1. The first-order valence-electron chi connectivity index (χ1n) is 9.20. The molecule has 0 aliphatic carbocycles. The molecule has 0 atom stereocenters. The zero-order valence-corrected chi connectivity index (χ0v) is 18.2. The highest BCUT2D eigenvalue weighted by atomic mass is 79.9. The summed E-state index contributed by atoms with van der Waals surface area (Å²) in [5.74, 6) is 0.816. The quantitative estimate of drug-likeness (QED) is 0.225. The molecule has 0 saturated heterocycles. The molecule has 3 aromatic carbocycles. The molecule has 0 spiro atoms. The van der Waals surface area contributed by atoms with E-state index in [4.69, 9.17) is 14.2 Å². The van der Waals surface area contributed by atoms with E-state index in [2.05, 4.69) is 26.5 Å². The van der Waals surface area contributed by atoms with Crippen LogP contribution >= 0.6 is 15.9 Å². The molecular formula is C23H19BrN2O5. The van der Waals surface area contributed by atoms with Crippen LogP contribution in [0.4, 0.5) is 0 Å². The molecular weight excluding hydrogens is 464 g/mol. The van der Waals surface area contributed by atoms with Crippen LogP contribution in [0.1, 0.15) is 15.9 Å². The summed E-state index contributed by atoms with van der Waals surface area (Å²) in [6.07, 6.45) is 1.48. The first-order valence-corrected chi connectivity index (χ1v) is 9.99. The van der Waals surface area contributed by atoms with Crippen LogP contribution in [0.2, 0.25) is 0 Å². The van der Waals surface area contributed by atoms with E-state index >= 15 is 0 Å². The van der Waals surface area contributed by atoms with Gasteiger partial charge >= 0.3 is 5.97 Å². The number of hydrogen-bond acceptors (Lipinski definition) is 6. The molecule has 0 unspecified atom stereocenters. The molecule has 0 aliphatic rings. The van der Waals surface area contributed by atoms with E-state index in [0.717, 1.165) is 10.0 Å². The first-order chi connectivity index (χ1) is 15.0. The maximum atomic E-state index is 12.1. The molecule has 0 aliphatic heterocycles. The first kappa shape index (κ1) is 22.0. The van der Waals surface area contributed by atoms with Gasteiger partial charge in [0.15, 0.2) is 6.61 Å². The molecule has 0 fully saturated rings. The minimum absolute atomic E-state index is 0.172. The number of esters is 1. The van der Waals surface area contributed by atoms with Crippen molar-refractivity contribution in [3.05, 3.63) is 88.4 Å². The van der Waals surface area contributed by atoms with Crippen molar-refractivity contribution in [3.63, 3.8) is 0 Å². The van der Waals surface area contributed by atoms with Gasteiger partial charge < -0.3 is 14.2 Å². The van der Waals surface area contributed by atoms with Gasteiger partial charge in [0.25, 0.3) is 5.91 Å². The highest BCUT2D eigenvalue weighted by Gasteiger charge is 2.08. The minimum atomic E-state index is -0.446. The fraction of sp³-hybridized carbons (Fsp3) is 0.0870. The topological polar surface area (TPSA) is 86.2 Å². The largest absolute Gasteiger partial charge is 0.497 e. The number of amides is 1. The molecule has 1 N–H and O–H groups in total. The summed E-state index contributed by atoms with van der Waals surface area (Å²) < 4.78 is 16.6. The fourth-order valence-electron chi connectivity index (χ4n) is 2.41. The number of hydrazone groups is 1. The van der Waals surface area contributed by atoms with Crippen LogP contribution in [0.5, 0.6) is 17.2 Å². The molecule has 3 aromatic rings. The van der Waals surface area contributed by atoms with Crippen molar-refractivity contribution in [3.8, 4) is 17.2 Å². The summed E-state index contributed by atoms with van der Waals surface area (Å²) in [5.41, 5.74) is 3.56. The Morgan fingerprint density at radius 3 is 2.16 bits per heavy atom. The highest BCUT2D eigenvalue weighted by Crippen LogP contribution is 2.17. The Morgan fingerprint density at radius 1 is 0.903 bits per heavy atom. The van der Waals surface area contributed by atoms with E-state index in [1.165, 1.54) is 6.21 Å². The number of benzene rings is 3. The van der Waals surface area contributed by atoms with Crippen LogP contribution in [0, 0.1) is 0 Å². The normalized spacial score (nSPS) is 10.5. The van der Waals surface area contributed by atoms with E-state index in [1.54, 1.807) is 79.9 Å². The van der Waals surface area contributed by atoms with Crippen molar-refractivity contribution < 1.29 is 23.8 Å². The Hall–Kier alpha value is -3.65. The Morgan fingerprint density at radius 2 is 1.52 bits per heavy atom. The number of carbonyl (C=O) groups is 2. The van der Waals surface area contributed by atoms with Crippen molar-refractivity contribution in [2.45, 2.75) is 0 Å². The maximum absolute atomic E-state index is 12.1. The van der Waals surface area contributed by atoms with Crippen LogP contribution in [-0.2, 0) is 4.79 Å². The van der Waals surface area contributed by atoms with Gasteiger partial charge in [-0.3, -0.25) is 4.79 Å². The van der Waals surface area contributed by atoms with Gasteiger partial charge in [-0.05, 0) is 78.4 Å². The predicted molar refractivity (Wildman–Crippen MR) is 120 cm³/mol. The second-order valence-corrected chi connectivity index (χ2v) is 7.14. The number of nitrogens with zero attached hydrogens (tertiary/aromatic N) is 1. The Balaban J connectivity index is 1.44. The van der Waals surface area contributed by atoms with E-state index in [0.29, 0.717) is 22.8 Å². The van der Waals surface area contributed by atoms with E-state index < -0.39 is 11.9 Å². The van der Waals surface area contributed by atoms with Crippen molar-refractivity contribution in [1.29, 1.82) is 0 Å². The Bertz CT molecular complexity index is 1050. The lowest BCUT2D eigenvalue weighted by molar-refractivity contribution is -0.123. The lowest BCUT2D eigenvalue weighted by atomic mass is 10.2. The minimum Gasteiger partial charge on any atom is -0.497 e. The highest BCUT2D eigenvalue weighted by molar-refractivity contribution is 9.10. The van der Waals surface area contributed by atoms with Gasteiger partial charge in [-0.15, -0.1) is 0 Å². The number of carbonyl (C=O) groups excluding carboxylic acids is 2. The monoisotopic (exact) mass is 482 g/mol. The van der Waals surface area contributed by atoms with Gasteiger partial charge in [-0.25, -0.2) is 10.2 Å². The molecule has 8 heteroatoms. The number of rotatable bonds is 8. The Kier molecular flexibility index (Phi) is 7.78. The van der Waals surface area contributed by atoms with E-state index in [-0.39, 0.29) is 6.61 Å². The van der Waals surface area contributed by atoms with Crippen molar-refractivity contribution in [2.24, 2.45) is 5.10 Å². The van der Waals surface area contributed by atoms with Crippen LogP contribution < -0.4 is 19.6 Å². The van der Waals surface area contributed by atoms with E-state index in [1.807, 2.05) is 0 Å². The Labute approximate surface area is 187 Å². The molecule has 158 valence electrons. The smallest absolute Gasteiger partial charge is 0.343 e. The van der Waals surface area contributed by atoms with Crippen LogP contribution in [0.3, 0.4) is 0 Å². The number of nitrogens with one attached hydrogen (secondary N) is 1. The second-order valence-electron chi connectivity index (χ2n) is 6.22. The van der Waals surface area contributed by atoms with Crippen molar-refractivity contribution in [2.75, 3.05) is 13.7 Å². The summed E-state index contributed by atoms with van der Waals surface area (Å²) >= 11 is 3.32. The molecule has 0 radical (unpaired) electrons. The van der Waals surface area contributed by atoms with Crippen LogP contribution in [-0.4, -0.2) is 31.8 Å².